The smallest absolute Gasteiger partial charge is 0.265 e. The first kappa shape index (κ1) is 21.1. The molecule has 0 spiro atoms. The zero-order chi connectivity index (χ0) is 21.8. The fraction of sp³-hybridized carbons (Fsp3) is 0.400. The molecule has 1 atom stereocenters. The molecular weight excluding hydrogens is 392 g/mol. The van der Waals surface area contributed by atoms with E-state index in [1.54, 1.807) is 37.6 Å². The van der Waals surface area contributed by atoms with Crippen LogP contribution in [0.15, 0.2) is 47.5 Å². The number of hydrogen-bond acceptors (Lipinski definition) is 5. The van der Waals surface area contributed by atoms with Crippen molar-refractivity contribution in [1.29, 1.82) is 0 Å². The standard InChI is InChI=1S/C25H28N2O4/c1-30-22-14-13-18(15-23(22)31-2)27-24(28)20-12-8-7-11-19(20)21(25(27)29)16-26-17-9-5-3-4-6-10-17/h7-8,11-17,21H,3-6,9-10H2,1-2H3/t21-/m0/s1. The minimum absolute atomic E-state index is 0.245. The van der Waals surface area contributed by atoms with Crippen LogP contribution in [0.3, 0.4) is 0 Å². The van der Waals surface area contributed by atoms with Gasteiger partial charge in [0.2, 0.25) is 5.91 Å². The molecule has 1 saturated carbocycles. The first-order valence-electron chi connectivity index (χ1n) is 10.9. The zero-order valence-corrected chi connectivity index (χ0v) is 18.0. The van der Waals surface area contributed by atoms with Crippen LogP contribution in [0, 0.1) is 0 Å². The quantitative estimate of drug-likeness (QED) is 0.397. The first-order valence-corrected chi connectivity index (χ1v) is 10.9. The molecule has 4 rings (SSSR count). The second-order valence-corrected chi connectivity index (χ2v) is 8.03. The van der Waals surface area contributed by atoms with E-state index in [2.05, 4.69) is 0 Å². The van der Waals surface area contributed by atoms with Gasteiger partial charge in [0.25, 0.3) is 5.91 Å². The number of carbonyl (C=O) groups excluding carboxylic acids is 2. The second-order valence-electron chi connectivity index (χ2n) is 8.03. The monoisotopic (exact) mass is 420 g/mol. The summed E-state index contributed by atoms with van der Waals surface area (Å²) in [5.41, 5.74) is 1.69. The molecular formula is C25H28N2O4. The van der Waals surface area contributed by atoms with Gasteiger partial charge in [-0.2, -0.15) is 0 Å². The maximum atomic E-state index is 13.5. The van der Waals surface area contributed by atoms with Crippen molar-refractivity contribution in [2.24, 2.45) is 4.99 Å². The molecule has 0 aromatic heterocycles. The summed E-state index contributed by atoms with van der Waals surface area (Å²) in [6.45, 7) is 0. The van der Waals surface area contributed by atoms with Gasteiger partial charge in [-0.15, -0.1) is 0 Å². The first-order chi connectivity index (χ1) is 15.1. The number of imide groups is 1. The number of benzene rings is 2. The Balaban J connectivity index is 1.72. The normalized spacial score (nSPS) is 19.9. The third-order valence-corrected chi connectivity index (χ3v) is 6.11. The third-order valence-electron chi connectivity index (χ3n) is 6.11. The van der Waals surface area contributed by atoms with Crippen molar-refractivity contribution in [2.45, 2.75) is 50.5 Å². The molecule has 1 aliphatic heterocycles. The van der Waals surface area contributed by atoms with Crippen LogP contribution in [0.25, 0.3) is 0 Å². The van der Waals surface area contributed by atoms with Crippen LogP contribution >= 0.6 is 0 Å². The van der Waals surface area contributed by atoms with Crippen LogP contribution in [0.2, 0.25) is 0 Å². The molecule has 1 aliphatic carbocycles. The van der Waals surface area contributed by atoms with E-state index in [1.807, 2.05) is 18.2 Å². The average molecular weight is 421 g/mol. The number of carbonyl (C=O) groups is 2. The third kappa shape index (κ3) is 4.20. The minimum atomic E-state index is -0.592. The lowest BCUT2D eigenvalue weighted by Gasteiger charge is -2.31. The van der Waals surface area contributed by atoms with Crippen molar-refractivity contribution in [1.82, 2.24) is 0 Å². The topological polar surface area (TPSA) is 68.2 Å². The molecule has 2 aromatic rings. The van der Waals surface area contributed by atoms with E-state index < -0.39 is 5.92 Å². The molecule has 2 aromatic carbocycles. The molecule has 31 heavy (non-hydrogen) atoms. The van der Waals surface area contributed by atoms with Gasteiger partial charge in [-0.1, -0.05) is 43.9 Å². The number of amides is 2. The summed E-state index contributed by atoms with van der Waals surface area (Å²) in [6, 6.07) is 12.6. The van der Waals surface area contributed by atoms with Crippen molar-refractivity contribution in [3.8, 4) is 11.5 Å². The van der Waals surface area contributed by atoms with Crippen molar-refractivity contribution in [3.05, 3.63) is 53.6 Å². The number of nitrogens with zero attached hydrogens (tertiary/aromatic N) is 2. The van der Waals surface area contributed by atoms with Gasteiger partial charge in [0.15, 0.2) is 11.5 Å². The molecule has 0 unspecified atom stereocenters. The maximum Gasteiger partial charge on any atom is 0.265 e. The Bertz CT molecular complexity index is 993. The summed E-state index contributed by atoms with van der Waals surface area (Å²) in [5, 5.41) is 0. The minimum Gasteiger partial charge on any atom is -0.493 e. The lowest BCUT2D eigenvalue weighted by atomic mass is 9.88. The Morgan fingerprint density at radius 2 is 1.65 bits per heavy atom. The number of rotatable bonds is 5. The van der Waals surface area contributed by atoms with E-state index in [1.165, 1.54) is 37.7 Å². The van der Waals surface area contributed by atoms with E-state index in [0.29, 0.717) is 28.3 Å². The van der Waals surface area contributed by atoms with Gasteiger partial charge < -0.3 is 9.47 Å². The molecule has 1 heterocycles. The Kier molecular flexibility index (Phi) is 6.35. The molecule has 0 N–H and O–H groups in total. The summed E-state index contributed by atoms with van der Waals surface area (Å²) in [6.07, 6.45) is 8.71. The highest BCUT2D eigenvalue weighted by Crippen LogP contribution is 2.36. The Labute approximate surface area is 182 Å². The number of hydrogen-bond donors (Lipinski definition) is 0. The van der Waals surface area contributed by atoms with E-state index in [4.69, 9.17) is 14.5 Å². The molecule has 162 valence electrons. The SMILES string of the molecule is COc1ccc(N2C(=O)c3ccccc3[C@H](C=NC3CCCCCC3)C2=O)cc1OC. The van der Waals surface area contributed by atoms with Gasteiger partial charge >= 0.3 is 0 Å². The summed E-state index contributed by atoms with van der Waals surface area (Å²) < 4.78 is 10.7. The number of anilines is 1. The van der Waals surface area contributed by atoms with Crippen LogP contribution in [0.5, 0.6) is 11.5 Å². The Morgan fingerprint density at radius 3 is 2.35 bits per heavy atom. The highest BCUT2D eigenvalue weighted by molar-refractivity contribution is 6.29. The summed E-state index contributed by atoms with van der Waals surface area (Å²) >= 11 is 0. The van der Waals surface area contributed by atoms with Gasteiger partial charge in [0, 0.05) is 23.9 Å². The fourth-order valence-electron chi connectivity index (χ4n) is 4.42. The van der Waals surface area contributed by atoms with Crippen LogP contribution in [-0.4, -0.2) is 38.3 Å². The van der Waals surface area contributed by atoms with Gasteiger partial charge in [-0.05, 0) is 36.6 Å². The predicted octanol–water partition coefficient (Wildman–Crippen LogP) is 4.77. The molecule has 2 amide bonds. The molecule has 0 radical (unpaired) electrons. The van der Waals surface area contributed by atoms with Crippen LogP contribution in [0.4, 0.5) is 5.69 Å². The summed E-state index contributed by atoms with van der Waals surface area (Å²) in [4.78, 5) is 32.8. The van der Waals surface area contributed by atoms with E-state index >= 15 is 0 Å². The van der Waals surface area contributed by atoms with Crippen molar-refractivity contribution in [2.75, 3.05) is 19.1 Å². The highest BCUT2D eigenvalue weighted by atomic mass is 16.5. The van der Waals surface area contributed by atoms with E-state index in [0.717, 1.165) is 12.8 Å². The van der Waals surface area contributed by atoms with Crippen LogP contribution in [-0.2, 0) is 4.79 Å². The van der Waals surface area contributed by atoms with Gasteiger partial charge in [0.05, 0.1) is 25.8 Å². The number of aliphatic imine (C=N–C) groups is 1. The largest absolute Gasteiger partial charge is 0.493 e. The molecule has 2 aliphatic rings. The summed E-state index contributed by atoms with van der Waals surface area (Å²) in [5.74, 6) is -0.233. The molecule has 6 heteroatoms. The average Bonchev–Trinajstić information content (AvgIpc) is 3.08. The fourth-order valence-corrected chi connectivity index (χ4v) is 4.42. The molecule has 6 nitrogen and oxygen atoms in total. The van der Waals surface area contributed by atoms with Gasteiger partial charge in [0.1, 0.15) is 0 Å². The van der Waals surface area contributed by atoms with Crippen LogP contribution < -0.4 is 14.4 Å². The highest BCUT2D eigenvalue weighted by Gasteiger charge is 2.39. The summed E-state index contributed by atoms with van der Waals surface area (Å²) in [7, 11) is 3.07. The van der Waals surface area contributed by atoms with Crippen molar-refractivity contribution >= 4 is 23.7 Å². The maximum absolute atomic E-state index is 13.5. The van der Waals surface area contributed by atoms with E-state index in [9.17, 15) is 9.59 Å². The molecule has 0 bridgehead atoms. The Morgan fingerprint density at radius 1 is 0.935 bits per heavy atom. The van der Waals surface area contributed by atoms with Crippen molar-refractivity contribution in [3.63, 3.8) is 0 Å². The van der Waals surface area contributed by atoms with Gasteiger partial charge in [-0.3, -0.25) is 14.6 Å². The van der Waals surface area contributed by atoms with Crippen LogP contribution in [0.1, 0.15) is 60.4 Å². The number of fused-ring (bicyclic) bond motifs is 1. The number of ether oxygens (including phenoxy) is 2. The number of methoxy groups -OCH3 is 2. The lowest BCUT2D eigenvalue weighted by Crippen LogP contribution is -2.45. The Hall–Kier alpha value is -3.15. The lowest BCUT2D eigenvalue weighted by molar-refractivity contribution is -0.118. The van der Waals surface area contributed by atoms with E-state index in [-0.39, 0.29) is 17.9 Å². The van der Waals surface area contributed by atoms with Crippen molar-refractivity contribution < 1.29 is 19.1 Å². The second kappa shape index (κ2) is 9.33. The molecule has 0 saturated heterocycles. The predicted molar refractivity (Wildman–Crippen MR) is 121 cm³/mol. The van der Waals surface area contributed by atoms with Gasteiger partial charge in [-0.25, -0.2) is 4.90 Å². The zero-order valence-electron chi connectivity index (χ0n) is 18.0. The molecule has 1 fully saturated rings.